The van der Waals surface area contributed by atoms with E-state index in [0.717, 1.165) is 5.56 Å². The van der Waals surface area contributed by atoms with Gasteiger partial charge in [-0.25, -0.2) is 0 Å². The first kappa shape index (κ1) is 25.8. The van der Waals surface area contributed by atoms with Gasteiger partial charge in [0.25, 0.3) is 11.8 Å². The molecule has 0 spiro atoms. The fourth-order valence-electron chi connectivity index (χ4n) is 4.39. The van der Waals surface area contributed by atoms with Crippen LogP contribution >= 0.6 is 0 Å². The van der Waals surface area contributed by atoms with Crippen molar-refractivity contribution in [2.24, 2.45) is 5.73 Å². The number of aryl methyl sites for hydroxylation is 1. The topological polar surface area (TPSA) is 186 Å². The van der Waals surface area contributed by atoms with Crippen molar-refractivity contribution in [1.29, 1.82) is 5.26 Å². The highest BCUT2D eigenvalue weighted by atomic mass is 16.5. The van der Waals surface area contributed by atoms with Crippen molar-refractivity contribution in [3.05, 3.63) is 53.1 Å². The second-order valence-electron chi connectivity index (χ2n) is 8.59. The predicted molar refractivity (Wildman–Crippen MR) is 131 cm³/mol. The number of nitriles is 1. The van der Waals surface area contributed by atoms with Crippen LogP contribution in [0.15, 0.2) is 36.4 Å². The lowest BCUT2D eigenvalue weighted by atomic mass is 9.99. The first-order chi connectivity index (χ1) is 17.7. The average Bonchev–Trinajstić information content (AvgIpc) is 2.89. The Hall–Kier alpha value is -4.31. The van der Waals surface area contributed by atoms with E-state index in [1.807, 2.05) is 6.07 Å². The lowest BCUT2D eigenvalue weighted by Gasteiger charge is -2.35. The lowest BCUT2D eigenvalue weighted by molar-refractivity contribution is -0.150. The van der Waals surface area contributed by atoms with E-state index in [4.69, 9.17) is 15.7 Å². The number of aliphatic carboxylic acids is 1. The molecule has 2 heterocycles. The summed E-state index contributed by atoms with van der Waals surface area (Å²) in [5.41, 5.74) is 8.36. The second-order valence-corrected chi connectivity index (χ2v) is 8.59. The number of hydrogen-bond acceptors (Lipinski definition) is 8. The van der Waals surface area contributed by atoms with Gasteiger partial charge in [0.1, 0.15) is 6.54 Å². The number of amides is 3. The van der Waals surface area contributed by atoms with E-state index in [-0.39, 0.29) is 32.0 Å². The molecule has 0 saturated carbocycles. The minimum Gasteiger partial charge on any atom is -0.480 e. The van der Waals surface area contributed by atoms with Gasteiger partial charge in [-0.3, -0.25) is 19.2 Å². The molecule has 2 aromatic carbocycles. The van der Waals surface area contributed by atoms with E-state index >= 15 is 0 Å². The number of carboxylic acid groups (broad SMARTS) is 1. The normalized spacial score (nSPS) is 18.1. The molecule has 0 aromatic heterocycles. The Morgan fingerprint density at radius 3 is 2.70 bits per heavy atom. The molecule has 1 fully saturated rings. The third kappa shape index (κ3) is 5.29. The van der Waals surface area contributed by atoms with E-state index in [1.165, 1.54) is 28.0 Å². The zero-order chi connectivity index (χ0) is 26.7. The Balaban J connectivity index is 1.52. The number of hydrogen-bond donors (Lipinski definition) is 4. The lowest BCUT2D eigenvalue weighted by Crippen LogP contribution is -2.55. The highest BCUT2D eigenvalue weighted by molar-refractivity contribution is 6.05. The maximum absolute atomic E-state index is 13.2. The van der Waals surface area contributed by atoms with Crippen LogP contribution in [0.5, 0.6) is 0 Å². The van der Waals surface area contributed by atoms with Crippen molar-refractivity contribution in [2.75, 3.05) is 34.8 Å². The number of fused-ring (bicyclic) bond motifs is 1. The Labute approximate surface area is 211 Å². The van der Waals surface area contributed by atoms with Gasteiger partial charge in [0.2, 0.25) is 5.91 Å². The van der Waals surface area contributed by atoms with Crippen molar-refractivity contribution in [3.8, 4) is 6.07 Å². The van der Waals surface area contributed by atoms with E-state index < -0.39 is 36.5 Å². The van der Waals surface area contributed by atoms with Crippen LogP contribution in [-0.2, 0) is 36.9 Å². The molecule has 12 nitrogen and oxygen atoms in total. The van der Waals surface area contributed by atoms with Gasteiger partial charge in [-0.1, -0.05) is 6.07 Å². The average molecular weight is 508 g/mol. The molecule has 1 saturated heterocycles. The summed E-state index contributed by atoms with van der Waals surface area (Å²) < 4.78 is 5.44. The number of morpholine rings is 1. The first-order valence-electron chi connectivity index (χ1n) is 11.5. The van der Waals surface area contributed by atoms with Crippen molar-refractivity contribution in [2.45, 2.75) is 31.6 Å². The number of nitrogens with zero attached hydrogens (tertiary/aromatic N) is 3. The molecule has 2 aromatic rings. The Morgan fingerprint density at radius 2 is 2.00 bits per heavy atom. The molecule has 12 heteroatoms. The van der Waals surface area contributed by atoms with Crippen LogP contribution in [0.2, 0.25) is 0 Å². The monoisotopic (exact) mass is 507 g/mol. The highest BCUT2D eigenvalue weighted by Crippen LogP contribution is 2.33. The third-order valence-corrected chi connectivity index (χ3v) is 6.26. The molecule has 2 aliphatic heterocycles. The highest BCUT2D eigenvalue weighted by Gasteiger charge is 2.40. The number of nitrogens with two attached hydrogens (primary N) is 1. The molecule has 4 rings (SSSR count). The number of aliphatic hydroxyl groups excluding tert-OH is 1. The van der Waals surface area contributed by atoms with E-state index in [2.05, 4.69) is 5.32 Å². The number of nitrogens with one attached hydrogen (secondary N) is 1. The molecule has 3 amide bonds. The zero-order valence-corrected chi connectivity index (χ0v) is 19.7. The van der Waals surface area contributed by atoms with Crippen molar-refractivity contribution >= 4 is 40.8 Å². The fraction of sp³-hybridized carbons (Fsp3) is 0.320. The molecule has 0 bridgehead atoms. The number of carboxylic acids is 1. The van der Waals surface area contributed by atoms with Crippen LogP contribution < -0.4 is 20.9 Å². The molecule has 0 radical (unpaired) electrons. The van der Waals surface area contributed by atoms with Crippen LogP contribution in [0.3, 0.4) is 0 Å². The molecule has 5 N–H and O–H groups in total. The number of rotatable bonds is 7. The molecule has 37 heavy (non-hydrogen) atoms. The number of carbonyl (C=O) groups is 4. The third-order valence-electron chi connectivity index (χ3n) is 6.26. The second kappa shape index (κ2) is 10.8. The Kier molecular flexibility index (Phi) is 7.49. The molecule has 0 unspecified atom stereocenters. The summed E-state index contributed by atoms with van der Waals surface area (Å²) in [6.07, 6.45) is -2.69. The van der Waals surface area contributed by atoms with Gasteiger partial charge in [-0.05, 0) is 47.9 Å². The molecule has 2 atom stereocenters. The van der Waals surface area contributed by atoms with Gasteiger partial charge in [0, 0.05) is 36.6 Å². The predicted octanol–water partition coefficient (Wildman–Crippen LogP) is 0.112. The quantitative estimate of drug-likeness (QED) is 0.403. The van der Waals surface area contributed by atoms with Crippen molar-refractivity contribution < 1.29 is 34.1 Å². The van der Waals surface area contributed by atoms with Crippen LogP contribution in [0.1, 0.15) is 23.1 Å². The van der Waals surface area contributed by atoms with E-state index in [0.29, 0.717) is 34.6 Å². The smallest absolute Gasteiger partial charge is 0.323 e. The molecular formula is C25H25N5O7. The Bertz CT molecular complexity index is 1300. The molecule has 192 valence electrons. The minimum atomic E-state index is -1.84. The number of benzene rings is 2. The van der Waals surface area contributed by atoms with Crippen LogP contribution in [0, 0.1) is 11.3 Å². The largest absolute Gasteiger partial charge is 0.480 e. The number of aliphatic hydroxyl groups is 1. The maximum Gasteiger partial charge on any atom is 0.323 e. The summed E-state index contributed by atoms with van der Waals surface area (Å²) in [6, 6.07) is 11.4. The van der Waals surface area contributed by atoms with Gasteiger partial charge in [-0.15, -0.1) is 0 Å². The van der Waals surface area contributed by atoms with E-state index in [9.17, 15) is 29.4 Å². The molecular weight excluding hydrogens is 482 g/mol. The summed E-state index contributed by atoms with van der Waals surface area (Å²) in [6.45, 7) is -0.270. The summed E-state index contributed by atoms with van der Waals surface area (Å²) in [4.78, 5) is 52.1. The SMILES string of the molecule is N#Cc1ccc(NC(=O)[C@H](O)[C@H]2OCCN(c3ccc4c(c3)N(CC(=O)O)C(=O)CC4)C2=O)cc1CN. The fourth-order valence-corrected chi connectivity index (χ4v) is 4.39. The number of ether oxygens (including phenoxy) is 1. The summed E-state index contributed by atoms with van der Waals surface area (Å²) >= 11 is 0. The zero-order valence-electron chi connectivity index (χ0n) is 19.7. The minimum absolute atomic E-state index is 0.0315. The van der Waals surface area contributed by atoms with Gasteiger partial charge in [0.05, 0.1) is 18.2 Å². The van der Waals surface area contributed by atoms with Gasteiger partial charge in [0.15, 0.2) is 12.2 Å². The van der Waals surface area contributed by atoms with Gasteiger partial charge < -0.3 is 35.8 Å². The van der Waals surface area contributed by atoms with E-state index in [1.54, 1.807) is 18.2 Å². The molecule has 2 aliphatic rings. The van der Waals surface area contributed by atoms with Gasteiger partial charge >= 0.3 is 5.97 Å². The van der Waals surface area contributed by atoms with Crippen molar-refractivity contribution in [1.82, 2.24) is 0 Å². The van der Waals surface area contributed by atoms with Gasteiger partial charge in [-0.2, -0.15) is 5.26 Å². The molecule has 0 aliphatic carbocycles. The van der Waals surface area contributed by atoms with Crippen LogP contribution in [-0.4, -0.2) is 65.8 Å². The summed E-state index contributed by atoms with van der Waals surface area (Å²) in [5.74, 6) is -3.03. The first-order valence-corrected chi connectivity index (χ1v) is 11.5. The maximum atomic E-state index is 13.2. The summed E-state index contributed by atoms with van der Waals surface area (Å²) in [5, 5.41) is 31.5. The van der Waals surface area contributed by atoms with Crippen LogP contribution in [0.4, 0.5) is 17.1 Å². The summed E-state index contributed by atoms with van der Waals surface area (Å²) in [7, 11) is 0. The Morgan fingerprint density at radius 1 is 1.22 bits per heavy atom. The number of anilines is 3. The standard InChI is InChI=1S/C25H25N5O7/c26-11-15-1-4-17(9-16(15)12-27)28-24(35)22(34)23-25(36)29(7-8-37-23)18-5-2-14-3-6-20(31)30(13-21(32)33)19(14)10-18/h1-2,4-5,9-10,22-23,34H,3,6-8,12-13,27H2,(H,28,35)(H,32,33)/t22-,23-/m1/s1. The number of carbonyl (C=O) groups excluding carboxylic acids is 3. The van der Waals surface area contributed by atoms with Crippen LogP contribution in [0.25, 0.3) is 0 Å². The van der Waals surface area contributed by atoms with Crippen molar-refractivity contribution in [3.63, 3.8) is 0 Å².